The van der Waals surface area contributed by atoms with Gasteiger partial charge in [-0.2, -0.15) is 0 Å². The largest absolute Gasteiger partial charge is 0.506 e. The Morgan fingerprint density at radius 1 is 1.14 bits per heavy atom. The van der Waals surface area contributed by atoms with E-state index in [1.165, 1.54) is 0 Å². The first-order valence-electron chi connectivity index (χ1n) is 6.73. The van der Waals surface area contributed by atoms with Crippen LogP contribution in [0.1, 0.15) is 0 Å². The molecule has 2 heterocycles. The molecule has 5 atom stereocenters. The number of para-hydroxylation sites is 1. The minimum atomic E-state index is -2.38. The monoisotopic (exact) mass is 311 g/mol. The molecule has 1 saturated heterocycles. The Balaban J connectivity index is 2.21. The number of benzene rings is 1. The van der Waals surface area contributed by atoms with Crippen LogP contribution >= 0.6 is 0 Å². The second-order valence-corrected chi connectivity index (χ2v) is 5.32. The summed E-state index contributed by atoms with van der Waals surface area (Å²) < 4.78 is 5.94. The Labute approximate surface area is 125 Å². The van der Waals surface area contributed by atoms with E-state index in [0.29, 0.717) is 10.9 Å². The normalized spacial score (nSPS) is 35.9. The van der Waals surface area contributed by atoms with Crippen LogP contribution in [-0.4, -0.2) is 66.4 Å². The Hall–Kier alpha value is -1.68. The molecule has 0 unspecified atom stereocenters. The lowest BCUT2D eigenvalue weighted by atomic mass is 9.91. The molecule has 8 heteroatoms. The molecule has 1 aliphatic rings. The third kappa shape index (κ3) is 1.93. The van der Waals surface area contributed by atoms with E-state index in [1.54, 1.807) is 24.3 Å². The molecule has 120 valence electrons. The number of nitrogens with zero attached hydrogens (tertiary/aromatic N) is 1. The van der Waals surface area contributed by atoms with Crippen LogP contribution < -0.4 is 0 Å². The Morgan fingerprint density at radius 3 is 2.50 bits per heavy atom. The minimum absolute atomic E-state index is 0.162. The van der Waals surface area contributed by atoms with E-state index >= 15 is 0 Å². The summed E-state index contributed by atoms with van der Waals surface area (Å²) in [5, 5.41) is 60.6. The minimum Gasteiger partial charge on any atom is -0.506 e. The summed E-state index contributed by atoms with van der Waals surface area (Å²) in [6, 6.07) is 6.50. The number of hydrogen-bond donors (Lipinski definition) is 6. The fourth-order valence-corrected chi connectivity index (χ4v) is 2.87. The lowest BCUT2D eigenvalue weighted by Gasteiger charge is -2.47. The van der Waals surface area contributed by atoms with E-state index in [2.05, 4.69) is 0 Å². The van der Waals surface area contributed by atoms with E-state index in [0.717, 1.165) is 10.8 Å². The van der Waals surface area contributed by atoms with Crippen LogP contribution in [0, 0.1) is 0 Å². The molecule has 0 aliphatic carbocycles. The maximum atomic E-state index is 10.9. The quantitative estimate of drug-likeness (QED) is 0.394. The van der Waals surface area contributed by atoms with Crippen molar-refractivity contribution in [3.8, 4) is 5.75 Å². The van der Waals surface area contributed by atoms with Gasteiger partial charge in [0, 0.05) is 11.6 Å². The number of fused-ring (bicyclic) bond motifs is 1. The Morgan fingerprint density at radius 2 is 1.82 bits per heavy atom. The molecule has 1 aromatic heterocycles. The van der Waals surface area contributed by atoms with Crippen molar-refractivity contribution in [1.29, 1.82) is 0 Å². The zero-order chi connectivity index (χ0) is 16.1. The van der Waals surface area contributed by atoms with Crippen molar-refractivity contribution in [2.75, 3.05) is 6.61 Å². The smallest absolute Gasteiger partial charge is 0.202 e. The SMILES string of the molecule is OC[C@H]1O[C@@H](O)[C@H](O)[C@](O)(n2cc(O)c3ccccc32)[C@@H]1O. The second-order valence-electron chi connectivity index (χ2n) is 5.32. The first-order chi connectivity index (χ1) is 10.4. The van der Waals surface area contributed by atoms with Gasteiger partial charge in [0.15, 0.2) is 12.4 Å². The molecule has 0 saturated carbocycles. The summed E-state index contributed by atoms with van der Waals surface area (Å²) in [4.78, 5) is 0. The summed E-state index contributed by atoms with van der Waals surface area (Å²) in [6.45, 7) is -0.668. The lowest BCUT2D eigenvalue weighted by molar-refractivity contribution is -0.346. The van der Waals surface area contributed by atoms with Crippen LogP contribution in [-0.2, 0) is 10.5 Å². The van der Waals surface area contributed by atoms with Gasteiger partial charge in [-0.05, 0) is 12.1 Å². The van der Waals surface area contributed by atoms with Crippen molar-refractivity contribution < 1.29 is 35.4 Å². The highest BCUT2D eigenvalue weighted by molar-refractivity contribution is 5.86. The predicted octanol–water partition coefficient (Wildman–Crippen LogP) is -1.58. The van der Waals surface area contributed by atoms with E-state index in [9.17, 15) is 30.6 Å². The molecule has 0 amide bonds. The van der Waals surface area contributed by atoms with Crippen molar-refractivity contribution in [3.63, 3.8) is 0 Å². The second kappa shape index (κ2) is 5.20. The molecule has 0 spiro atoms. The molecule has 1 fully saturated rings. The summed E-state index contributed by atoms with van der Waals surface area (Å²) in [5.41, 5.74) is -2.04. The summed E-state index contributed by atoms with van der Waals surface area (Å²) >= 11 is 0. The van der Waals surface area contributed by atoms with Gasteiger partial charge < -0.3 is 39.9 Å². The fourth-order valence-electron chi connectivity index (χ4n) is 2.87. The number of aliphatic hydroxyl groups excluding tert-OH is 4. The standard InChI is InChI=1S/C14H17NO7/c16-6-10-11(18)14(21,12(19)13(20)22-10)15-5-9(17)7-3-1-2-4-8(7)15/h1-5,10-13,16-21H,6H2/t10-,11-,12+,13-,14+/m1/s1. The number of ether oxygens (including phenoxy) is 1. The highest BCUT2D eigenvalue weighted by Crippen LogP contribution is 2.38. The van der Waals surface area contributed by atoms with Crippen LogP contribution in [0.3, 0.4) is 0 Å². The van der Waals surface area contributed by atoms with Crippen molar-refractivity contribution in [3.05, 3.63) is 30.5 Å². The Bertz CT molecular complexity index is 687. The van der Waals surface area contributed by atoms with Crippen LogP contribution in [0.25, 0.3) is 10.9 Å². The third-order valence-electron chi connectivity index (χ3n) is 4.06. The maximum absolute atomic E-state index is 10.9. The molecule has 2 aromatic rings. The topological polar surface area (TPSA) is 136 Å². The average molecular weight is 311 g/mol. The van der Waals surface area contributed by atoms with Gasteiger partial charge in [-0.1, -0.05) is 12.1 Å². The predicted molar refractivity (Wildman–Crippen MR) is 73.8 cm³/mol. The maximum Gasteiger partial charge on any atom is 0.202 e. The van der Waals surface area contributed by atoms with Crippen molar-refractivity contribution in [2.24, 2.45) is 0 Å². The molecule has 0 radical (unpaired) electrons. The lowest BCUT2D eigenvalue weighted by Crippen LogP contribution is -2.67. The van der Waals surface area contributed by atoms with Crippen LogP contribution in [0.15, 0.2) is 30.5 Å². The highest BCUT2D eigenvalue weighted by Gasteiger charge is 2.56. The zero-order valence-corrected chi connectivity index (χ0v) is 11.4. The molecule has 22 heavy (non-hydrogen) atoms. The zero-order valence-electron chi connectivity index (χ0n) is 11.4. The van der Waals surface area contributed by atoms with Crippen molar-refractivity contribution >= 4 is 10.9 Å². The van der Waals surface area contributed by atoms with Gasteiger partial charge in [0.1, 0.15) is 18.0 Å². The first-order valence-corrected chi connectivity index (χ1v) is 6.73. The third-order valence-corrected chi connectivity index (χ3v) is 4.06. The molecule has 6 N–H and O–H groups in total. The van der Waals surface area contributed by atoms with E-state index < -0.39 is 36.9 Å². The fraction of sp³-hybridized carbons (Fsp3) is 0.429. The molecule has 1 aliphatic heterocycles. The van der Waals surface area contributed by atoms with Crippen molar-refractivity contribution in [2.45, 2.75) is 30.3 Å². The highest BCUT2D eigenvalue weighted by atomic mass is 16.6. The van der Waals surface area contributed by atoms with Gasteiger partial charge in [-0.25, -0.2) is 0 Å². The molecule has 8 nitrogen and oxygen atoms in total. The summed E-state index contributed by atoms with van der Waals surface area (Å²) in [5.74, 6) is -0.162. The van der Waals surface area contributed by atoms with Crippen molar-refractivity contribution in [1.82, 2.24) is 4.57 Å². The van der Waals surface area contributed by atoms with E-state index in [4.69, 9.17) is 4.74 Å². The van der Waals surface area contributed by atoms with Gasteiger partial charge >= 0.3 is 0 Å². The van der Waals surface area contributed by atoms with Gasteiger partial charge in [0.05, 0.1) is 12.1 Å². The average Bonchev–Trinajstić information content (AvgIpc) is 2.87. The number of aromatic hydroxyl groups is 1. The van der Waals surface area contributed by atoms with Crippen LogP contribution in [0.2, 0.25) is 0 Å². The van der Waals surface area contributed by atoms with Gasteiger partial charge in [0.2, 0.25) is 5.72 Å². The van der Waals surface area contributed by atoms with E-state index in [-0.39, 0.29) is 5.75 Å². The number of aromatic nitrogens is 1. The number of aliphatic hydroxyl groups is 5. The summed E-state index contributed by atoms with van der Waals surface area (Å²) in [7, 11) is 0. The molecule has 1 aromatic carbocycles. The molecule has 3 rings (SSSR count). The molecule has 0 bridgehead atoms. The molecular formula is C14H17NO7. The molecular weight excluding hydrogens is 294 g/mol. The summed E-state index contributed by atoms with van der Waals surface area (Å²) in [6.07, 6.45) is -5.59. The van der Waals surface area contributed by atoms with Gasteiger partial charge in [-0.15, -0.1) is 0 Å². The first kappa shape index (κ1) is 15.2. The van der Waals surface area contributed by atoms with Gasteiger partial charge in [0.25, 0.3) is 0 Å². The Kier molecular flexibility index (Phi) is 3.60. The van der Waals surface area contributed by atoms with Crippen LogP contribution in [0.4, 0.5) is 0 Å². The number of rotatable bonds is 2. The number of hydrogen-bond acceptors (Lipinski definition) is 7. The van der Waals surface area contributed by atoms with Crippen LogP contribution in [0.5, 0.6) is 5.75 Å². The van der Waals surface area contributed by atoms with Gasteiger partial charge in [-0.3, -0.25) is 0 Å². The van der Waals surface area contributed by atoms with E-state index in [1.807, 2.05) is 0 Å².